The van der Waals surface area contributed by atoms with E-state index in [1.165, 1.54) is 25.1 Å². The molecule has 16 heavy (non-hydrogen) atoms. The Balaban J connectivity index is 2.42. The Labute approximate surface area is 99.2 Å². The van der Waals surface area contributed by atoms with Crippen LogP contribution in [0.5, 0.6) is 0 Å². The fraction of sp³-hybridized carbons (Fsp3) is 0.200. The molecule has 1 atom stereocenters. The third kappa shape index (κ3) is 2.12. The number of benzene rings is 1. The average molecular weight is 287 g/mol. The summed E-state index contributed by atoms with van der Waals surface area (Å²) in [6.07, 6.45) is -0.795. The van der Waals surface area contributed by atoms with Crippen LogP contribution in [-0.2, 0) is 0 Å². The molecule has 1 aromatic carbocycles. The quantitative estimate of drug-likeness (QED) is 0.922. The van der Waals surface area contributed by atoms with Gasteiger partial charge in [-0.1, -0.05) is 5.16 Å². The average Bonchev–Trinajstić information content (AvgIpc) is 2.66. The summed E-state index contributed by atoms with van der Waals surface area (Å²) in [4.78, 5) is 3.99. The molecule has 0 radical (unpaired) electrons. The van der Waals surface area contributed by atoms with Gasteiger partial charge in [0.2, 0.25) is 0 Å². The van der Waals surface area contributed by atoms with E-state index in [-0.39, 0.29) is 17.5 Å². The molecule has 0 saturated carbocycles. The number of halogens is 2. The molecule has 0 aliphatic heterocycles. The predicted octanol–water partition coefficient (Wildman–Crippen LogP) is 2.69. The van der Waals surface area contributed by atoms with Gasteiger partial charge in [-0.3, -0.25) is 0 Å². The van der Waals surface area contributed by atoms with Crippen LogP contribution in [0.4, 0.5) is 4.39 Å². The molecule has 4 nitrogen and oxygen atoms in total. The van der Waals surface area contributed by atoms with Gasteiger partial charge in [-0.25, -0.2) is 4.39 Å². The topological polar surface area (TPSA) is 59.2 Å². The zero-order chi connectivity index (χ0) is 11.7. The van der Waals surface area contributed by atoms with Crippen molar-refractivity contribution in [3.05, 3.63) is 34.3 Å². The van der Waals surface area contributed by atoms with Crippen molar-refractivity contribution in [2.24, 2.45) is 0 Å². The Hall–Kier alpha value is -1.27. The van der Waals surface area contributed by atoms with Crippen LogP contribution in [0.25, 0.3) is 11.5 Å². The van der Waals surface area contributed by atoms with Crippen molar-refractivity contribution >= 4 is 15.9 Å². The molecular formula is C10H8BrFN2O2. The summed E-state index contributed by atoms with van der Waals surface area (Å²) in [7, 11) is 0. The van der Waals surface area contributed by atoms with Crippen LogP contribution < -0.4 is 0 Å². The lowest BCUT2D eigenvalue weighted by molar-refractivity contribution is 0.184. The molecule has 6 heteroatoms. The van der Waals surface area contributed by atoms with Gasteiger partial charge in [-0.15, -0.1) is 0 Å². The molecule has 0 aliphatic rings. The van der Waals surface area contributed by atoms with Crippen LogP contribution in [-0.4, -0.2) is 15.2 Å². The normalized spacial score (nSPS) is 12.8. The van der Waals surface area contributed by atoms with E-state index < -0.39 is 6.10 Å². The number of aliphatic hydroxyl groups excluding tert-OH is 1. The van der Waals surface area contributed by atoms with Crippen molar-refractivity contribution in [1.82, 2.24) is 10.1 Å². The lowest BCUT2D eigenvalue weighted by Gasteiger charge is -1.98. The molecule has 0 saturated heterocycles. The van der Waals surface area contributed by atoms with Crippen LogP contribution in [0.15, 0.2) is 27.2 Å². The van der Waals surface area contributed by atoms with Crippen molar-refractivity contribution < 1.29 is 14.0 Å². The monoisotopic (exact) mass is 286 g/mol. The first-order valence-electron chi connectivity index (χ1n) is 4.55. The molecule has 1 aromatic heterocycles. The second-order valence-electron chi connectivity index (χ2n) is 3.26. The third-order valence-corrected chi connectivity index (χ3v) is 2.63. The van der Waals surface area contributed by atoms with E-state index in [9.17, 15) is 9.50 Å². The summed E-state index contributed by atoms with van der Waals surface area (Å²) in [5.41, 5.74) is 0.584. The summed E-state index contributed by atoms with van der Waals surface area (Å²) in [6.45, 7) is 1.54. The molecule has 1 unspecified atom stereocenters. The first-order valence-corrected chi connectivity index (χ1v) is 5.34. The minimum Gasteiger partial charge on any atom is -0.385 e. The Morgan fingerprint density at radius 3 is 2.81 bits per heavy atom. The number of hydrogen-bond donors (Lipinski definition) is 1. The molecule has 84 valence electrons. The molecule has 1 heterocycles. The molecule has 0 bridgehead atoms. The van der Waals surface area contributed by atoms with Gasteiger partial charge in [-0.05, 0) is 41.1 Å². The van der Waals surface area contributed by atoms with E-state index >= 15 is 0 Å². The van der Waals surface area contributed by atoms with E-state index in [1.807, 2.05) is 0 Å². The predicted molar refractivity (Wildman–Crippen MR) is 58.0 cm³/mol. The lowest BCUT2D eigenvalue weighted by Crippen LogP contribution is -1.93. The molecule has 2 aromatic rings. The van der Waals surface area contributed by atoms with Gasteiger partial charge >= 0.3 is 0 Å². The maximum atomic E-state index is 12.9. The first-order chi connectivity index (χ1) is 7.58. The molecule has 0 spiro atoms. The van der Waals surface area contributed by atoms with Gasteiger partial charge < -0.3 is 9.63 Å². The molecular weight excluding hydrogens is 279 g/mol. The number of nitrogens with zero attached hydrogens (tertiary/aromatic N) is 2. The Morgan fingerprint density at radius 1 is 1.50 bits per heavy atom. The van der Waals surface area contributed by atoms with Crippen LogP contribution in [0.2, 0.25) is 0 Å². The highest BCUT2D eigenvalue weighted by Crippen LogP contribution is 2.28. The third-order valence-electron chi connectivity index (χ3n) is 1.98. The second kappa shape index (κ2) is 4.31. The molecule has 0 amide bonds. The highest BCUT2D eigenvalue weighted by Gasteiger charge is 2.14. The number of aliphatic hydroxyl groups is 1. The smallest absolute Gasteiger partial charge is 0.259 e. The summed E-state index contributed by atoms with van der Waals surface area (Å²) in [6, 6.07) is 4.13. The summed E-state index contributed by atoms with van der Waals surface area (Å²) >= 11 is 3.20. The van der Waals surface area contributed by atoms with Crippen molar-refractivity contribution in [3.8, 4) is 11.5 Å². The Morgan fingerprint density at radius 2 is 2.25 bits per heavy atom. The Kier molecular flexibility index (Phi) is 3.02. The van der Waals surface area contributed by atoms with Crippen LogP contribution in [0.3, 0.4) is 0 Å². The number of hydrogen-bond acceptors (Lipinski definition) is 4. The fourth-order valence-corrected chi connectivity index (χ4v) is 1.70. The van der Waals surface area contributed by atoms with Gasteiger partial charge in [0.15, 0.2) is 5.82 Å². The SMILES string of the molecule is CC(O)c1noc(-c2ccc(F)cc2Br)n1. The number of aromatic nitrogens is 2. The molecule has 1 N–H and O–H groups in total. The fourth-order valence-electron chi connectivity index (χ4n) is 1.18. The van der Waals surface area contributed by atoms with Gasteiger partial charge in [0, 0.05) is 4.47 Å². The maximum absolute atomic E-state index is 12.9. The highest BCUT2D eigenvalue weighted by molar-refractivity contribution is 9.10. The Bertz CT molecular complexity index is 513. The van der Waals surface area contributed by atoms with Crippen LogP contribution in [0, 0.1) is 5.82 Å². The van der Waals surface area contributed by atoms with E-state index in [0.29, 0.717) is 10.0 Å². The molecule has 0 aliphatic carbocycles. The number of rotatable bonds is 2. The molecule has 0 fully saturated rings. The zero-order valence-corrected chi connectivity index (χ0v) is 9.90. The van der Waals surface area contributed by atoms with Crippen LogP contribution in [0.1, 0.15) is 18.9 Å². The van der Waals surface area contributed by atoms with Gasteiger partial charge in [0.1, 0.15) is 11.9 Å². The summed E-state index contributed by atoms with van der Waals surface area (Å²) < 4.78 is 18.3. The van der Waals surface area contributed by atoms with Crippen molar-refractivity contribution in [2.45, 2.75) is 13.0 Å². The second-order valence-corrected chi connectivity index (χ2v) is 4.11. The lowest BCUT2D eigenvalue weighted by atomic mass is 10.2. The largest absolute Gasteiger partial charge is 0.385 e. The zero-order valence-electron chi connectivity index (χ0n) is 8.32. The van der Waals surface area contributed by atoms with E-state index in [0.717, 1.165) is 0 Å². The summed E-state index contributed by atoms with van der Waals surface area (Å²) in [5.74, 6) is 0.0832. The standard InChI is InChI=1S/C10H8BrFN2O2/c1-5(15)9-13-10(16-14-9)7-3-2-6(12)4-8(7)11/h2-5,15H,1H3. The van der Waals surface area contributed by atoms with Crippen molar-refractivity contribution in [3.63, 3.8) is 0 Å². The minimum atomic E-state index is -0.795. The van der Waals surface area contributed by atoms with Crippen molar-refractivity contribution in [2.75, 3.05) is 0 Å². The van der Waals surface area contributed by atoms with Gasteiger partial charge in [0.25, 0.3) is 5.89 Å². The highest BCUT2D eigenvalue weighted by atomic mass is 79.9. The van der Waals surface area contributed by atoms with Crippen molar-refractivity contribution in [1.29, 1.82) is 0 Å². The van der Waals surface area contributed by atoms with Crippen LogP contribution >= 0.6 is 15.9 Å². The van der Waals surface area contributed by atoms with E-state index in [2.05, 4.69) is 26.1 Å². The molecule has 2 rings (SSSR count). The minimum absolute atomic E-state index is 0.200. The van der Waals surface area contributed by atoms with Gasteiger partial charge in [-0.2, -0.15) is 4.98 Å². The summed E-state index contributed by atoms with van der Waals surface area (Å²) in [5, 5.41) is 12.8. The van der Waals surface area contributed by atoms with E-state index in [4.69, 9.17) is 4.52 Å². The van der Waals surface area contributed by atoms with Gasteiger partial charge in [0.05, 0.1) is 5.56 Å². The van der Waals surface area contributed by atoms with E-state index in [1.54, 1.807) is 0 Å². The maximum Gasteiger partial charge on any atom is 0.259 e. The first kappa shape index (κ1) is 11.2.